The zero-order valence-electron chi connectivity index (χ0n) is 9.05. The molecule has 0 N–H and O–H groups in total. The van der Waals surface area contributed by atoms with Gasteiger partial charge in [0.05, 0.1) is 5.25 Å². The van der Waals surface area contributed by atoms with Crippen LogP contribution < -0.4 is 0 Å². The van der Waals surface area contributed by atoms with Crippen molar-refractivity contribution < 1.29 is 8.42 Å². The van der Waals surface area contributed by atoms with Crippen molar-refractivity contribution in [3.63, 3.8) is 0 Å². The Kier molecular flexibility index (Phi) is 3.69. The normalized spacial score (nSPS) is 13.8. The smallest absolute Gasteiger partial charge is 0.178 e. The fourth-order valence-corrected chi connectivity index (χ4v) is 3.20. The van der Waals surface area contributed by atoms with Crippen LogP contribution in [0.4, 0.5) is 0 Å². The van der Waals surface area contributed by atoms with E-state index in [1.165, 1.54) is 0 Å². The van der Waals surface area contributed by atoms with E-state index in [2.05, 4.69) is 6.58 Å². The van der Waals surface area contributed by atoms with Crippen LogP contribution in [-0.4, -0.2) is 8.42 Å². The molecule has 0 bridgehead atoms. The lowest BCUT2D eigenvalue weighted by molar-refractivity contribution is 0.548. The van der Waals surface area contributed by atoms with Crippen LogP contribution in [0.2, 0.25) is 0 Å². The van der Waals surface area contributed by atoms with Crippen LogP contribution in [0.15, 0.2) is 42.3 Å². The maximum Gasteiger partial charge on any atom is 0.178 e. The highest BCUT2D eigenvalue weighted by atomic mass is 32.2. The summed E-state index contributed by atoms with van der Waals surface area (Å²) in [6, 6.07) is 9.26. The molecule has 0 fully saturated rings. The summed E-state index contributed by atoms with van der Waals surface area (Å²) in [6.45, 7) is 7.18. The predicted octanol–water partition coefficient (Wildman–Crippen LogP) is 2.94. The van der Waals surface area contributed by atoms with E-state index in [1.807, 2.05) is 44.2 Å². The van der Waals surface area contributed by atoms with Crippen molar-refractivity contribution in [1.29, 1.82) is 0 Å². The summed E-state index contributed by atoms with van der Waals surface area (Å²) >= 11 is 0. The maximum absolute atomic E-state index is 11.8. The molecule has 0 spiro atoms. The minimum atomic E-state index is -3.25. The van der Waals surface area contributed by atoms with Gasteiger partial charge in [-0.05, 0) is 11.5 Å². The van der Waals surface area contributed by atoms with Crippen LogP contribution in [0.25, 0.3) is 0 Å². The Balaban J connectivity index is 3.22. The molecule has 3 heteroatoms. The van der Waals surface area contributed by atoms with Crippen molar-refractivity contribution in [2.75, 3.05) is 0 Å². The van der Waals surface area contributed by atoms with E-state index < -0.39 is 15.1 Å². The second kappa shape index (κ2) is 4.62. The summed E-state index contributed by atoms with van der Waals surface area (Å²) in [5.74, 6) is 0.0374. The van der Waals surface area contributed by atoms with Crippen LogP contribution in [-0.2, 0) is 9.84 Å². The molecule has 0 saturated heterocycles. The van der Waals surface area contributed by atoms with E-state index in [4.69, 9.17) is 0 Å². The van der Waals surface area contributed by atoms with Gasteiger partial charge in [-0.3, -0.25) is 0 Å². The molecule has 82 valence electrons. The summed E-state index contributed by atoms with van der Waals surface area (Å²) in [5, 5.41) is 0.557. The summed E-state index contributed by atoms with van der Waals surface area (Å²) in [4.78, 5) is 0. The number of hydrogen-bond donors (Lipinski definition) is 0. The van der Waals surface area contributed by atoms with Gasteiger partial charge in [0.15, 0.2) is 9.84 Å². The topological polar surface area (TPSA) is 34.1 Å². The number of rotatable bonds is 4. The van der Waals surface area contributed by atoms with Gasteiger partial charge in [-0.1, -0.05) is 50.8 Å². The average molecular weight is 224 g/mol. The monoisotopic (exact) mass is 224 g/mol. The molecule has 0 aliphatic rings. The van der Waals surface area contributed by atoms with Gasteiger partial charge in [-0.2, -0.15) is 0 Å². The predicted molar refractivity (Wildman–Crippen MR) is 63.1 cm³/mol. The molecule has 15 heavy (non-hydrogen) atoms. The lowest BCUT2D eigenvalue weighted by atomic mass is 10.0. The van der Waals surface area contributed by atoms with E-state index in [9.17, 15) is 8.42 Å². The van der Waals surface area contributed by atoms with Crippen LogP contribution in [0.5, 0.6) is 0 Å². The first kappa shape index (κ1) is 12.0. The molecule has 0 radical (unpaired) electrons. The average Bonchev–Trinajstić information content (AvgIpc) is 2.18. The standard InChI is InChI=1S/C12H16O2S/c1-4-15(13,14)12(10(2)3)11-8-6-5-7-9-11/h4-10,12H,1H2,2-3H3. The van der Waals surface area contributed by atoms with Gasteiger partial charge in [-0.25, -0.2) is 8.42 Å². The summed E-state index contributed by atoms with van der Waals surface area (Å²) in [5.41, 5.74) is 0.826. The first-order valence-corrected chi connectivity index (χ1v) is 6.51. The third-order valence-corrected chi connectivity index (χ3v) is 4.31. The van der Waals surface area contributed by atoms with Crippen LogP contribution in [0.3, 0.4) is 0 Å². The highest BCUT2D eigenvalue weighted by Gasteiger charge is 2.27. The number of sulfone groups is 1. The molecule has 0 saturated carbocycles. The fraction of sp³-hybridized carbons (Fsp3) is 0.333. The minimum absolute atomic E-state index is 0.0374. The van der Waals surface area contributed by atoms with Crippen molar-refractivity contribution in [3.05, 3.63) is 47.9 Å². The molecule has 0 aliphatic heterocycles. The first-order chi connectivity index (χ1) is 6.99. The molecule has 1 atom stereocenters. The van der Waals surface area contributed by atoms with E-state index in [0.29, 0.717) is 0 Å². The number of benzene rings is 1. The Morgan fingerprint density at radius 3 is 2.13 bits per heavy atom. The molecule has 2 nitrogen and oxygen atoms in total. The molecular formula is C12H16O2S. The molecule has 0 amide bonds. The quantitative estimate of drug-likeness (QED) is 0.788. The lowest BCUT2D eigenvalue weighted by Gasteiger charge is -2.19. The lowest BCUT2D eigenvalue weighted by Crippen LogP contribution is -2.16. The molecule has 0 aliphatic carbocycles. The molecule has 1 aromatic rings. The Bertz CT molecular complexity index is 418. The van der Waals surface area contributed by atoms with Crippen molar-refractivity contribution in [2.45, 2.75) is 19.1 Å². The zero-order valence-corrected chi connectivity index (χ0v) is 9.87. The van der Waals surface area contributed by atoms with E-state index in [0.717, 1.165) is 11.0 Å². The highest BCUT2D eigenvalue weighted by molar-refractivity contribution is 7.94. The van der Waals surface area contributed by atoms with E-state index in [1.54, 1.807) is 0 Å². The van der Waals surface area contributed by atoms with Crippen molar-refractivity contribution in [2.24, 2.45) is 5.92 Å². The van der Waals surface area contributed by atoms with Crippen LogP contribution in [0, 0.1) is 5.92 Å². The SMILES string of the molecule is C=CS(=O)(=O)C(c1ccccc1)C(C)C. The van der Waals surface area contributed by atoms with Crippen LogP contribution >= 0.6 is 0 Å². The maximum atomic E-state index is 11.8. The highest BCUT2D eigenvalue weighted by Crippen LogP contribution is 2.30. The van der Waals surface area contributed by atoms with E-state index >= 15 is 0 Å². The fourth-order valence-electron chi connectivity index (χ4n) is 1.70. The second-order valence-corrected chi connectivity index (χ2v) is 5.85. The van der Waals surface area contributed by atoms with Gasteiger partial charge in [0.2, 0.25) is 0 Å². The molecule has 0 aromatic heterocycles. The van der Waals surface area contributed by atoms with Crippen molar-refractivity contribution in [3.8, 4) is 0 Å². The first-order valence-electron chi connectivity index (χ1n) is 4.90. The van der Waals surface area contributed by atoms with Gasteiger partial charge in [0, 0.05) is 5.41 Å². The largest absolute Gasteiger partial charge is 0.224 e. The zero-order chi connectivity index (χ0) is 11.5. The Morgan fingerprint density at radius 1 is 1.20 bits per heavy atom. The third-order valence-electron chi connectivity index (χ3n) is 2.32. The number of hydrogen-bond acceptors (Lipinski definition) is 2. The molecular weight excluding hydrogens is 208 g/mol. The van der Waals surface area contributed by atoms with Gasteiger partial charge < -0.3 is 0 Å². The van der Waals surface area contributed by atoms with Gasteiger partial charge in [-0.15, -0.1) is 0 Å². The third kappa shape index (κ3) is 2.69. The van der Waals surface area contributed by atoms with Gasteiger partial charge in [0.1, 0.15) is 0 Å². The molecule has 0 heterocycles. The minimum Gasteiger partial charge on any atom is -0.224 e. The van der Waals surface area contributed by atoms with Crippen molar-refractivity contribution in [1.82, 2.24) is 0 Å². The Labute approximate surface area is 91.6 Å². The molecule has 1 aromatic carbocycles. The molecule has 1 rings (SSSR count). The summed E-state index contributed by atoms with van der Waals surface area (Å²) in [7, 11) is -3.25. The molecule has 1 unspecified atom stereocenters. The summed E-state index contributed by atoms with van der Waals surface area (Å²) in [6.07, 6.45) is 0. The Hall–Kier alpha value is -1.09. The van der Waals surface area contributed by atoms with Crippen LogP contribution in [0.1, 0.15) is 24.7 Å². The second-order valence-electron chi connectivity index (χ2n) is 3.83. The van der Waals surface area contributed by atoms with E-state index in [-0.39, 0.29) is 5.92 Å². The van der Waals surface area contributed by atoms with Gasteiger partial charge in [0.25, 0.3) is 0 Å². The van der Waals surface area contributed by atoms with Gasteiger partial charge >= 0.3 is 0 Å². The van der Waals surface area contributed by atoms with Crippen molar-refractivity contribution >= 4 is 9.84 Å². The Morgan fingerprint density at radius 2 is 1.73 bits per heavy atom. The summed E-state index contributed by atoms with van der Waals surface area (Å²) < 4.78 is 23.6.